The first-order valence-corrected chi connectivity index (χ1v) is 11.3. The van der Waals surface area contributed by atoms with Gasteiger partial charge in [0.05, 0.1) is 23.4 Å². The van der Waals surface area contributed by atoms with E-state index in [-0.39, 0.29) is 24.2 Å². The molecule has 0 aliphatic heterocycles. The van der Waals surface area contributed by atoms with Gasteiger partial charge >= 0.3 is 0 Å². The van der Waals surface area contributed by atoms with Crippen LogP contribution in [-0.4, -0.2) is 79.8 Å². The summed E-state index contributed by atoms with van der Waals surface area (Å²) in [5.41, 5.74) is 0.799. The molecule has 186 valence electrons. The van der Waals surface area contributed by atoms with Crippen LogP contribution in [0.4, 0.5) is 5.82 Å². The van der Waals surface area contributed by atoms with Crippen molar-refractivity contribution in [3.63, 3.8) is 0 Å². The molecule has 12 nitrogen and oxygen atoms in total. The standard InChI is InChI=1S/C23H23ClN8O4/c1-4-35-12-17(21(33)30-18-8-7-14(10-26-18)23(34)31(2)3)36-22-15-11-29-32(19(15)27-13-28-22)20-16(24)6-5-9-25-20/h5-11,13,17H,4,12H2,1-3H3,(H,26,30,33)/t17-/m0/s1. The molecular formula is C23H23ClN8O4. The highest BCUT2D eigenvalue weighted by atomic mass is 35.5. The lowest BCUT2D eigenvalue weighted by atomic mass is 10.2. The molecule has 36 heavy (non-hydrogen) atoms. The fourth-order valence-electron chi connectivity index (χ4n) is 3.19. The highest BCUT2D eigenvalue weighted by Gasteiger charge is 2.24. The number of ether oxygens (including phenoxy) is 2. The largest absolute Gasteiger partial charge is 0.461 e. The summed E-state index contributed by atoms with van der Waals surface area (Å²) in [6.07, 6.45) is 4.72. The number of carbonyl (C=O) groups is 2. The van der Waals surface area contributed by atoms with Gasteiger partial charge in [0.15, 0.2) is 11.5 Å². The van der Waals surface area contributed by atoms with E-state index in [1.165, 1.54) is 34.4 Å². The van der Waals surface area contributed by atoms with Gasteiger partial charge < -0.3 is 19.7 Å². The van der Waals surface area contributed by atoms with E-state index in [1.807, 2.05) is 0 Å². The summed E-state index contributed by atoms with van der Waals surface area (Å²) in [4.78, 5) is 43.4. The maximum atomic E-state index is 13.0. The lowest BCUT2D eigenvalue weighted by Crippen LogP contribution is -2.37. The highest BCUT2D eigenvalue weighted by molar-refractivity contribution is 6.32. The van der Waals surface area contributed by atoms with Gasteiger partial charge in [-0.05, 0) is 31.2 Å². The summed E-state index contributed by atoms with van der Waals surface area (Å²) in [5.74, 6) is 0.0846. The van der Waals surface area contributed by atoms with E-state index in [1.54, 1.807) is 45.4 Å². The normalized spacial score (nSPS) is 11.8. The fraction of sp³-hybridized carbons (Fsp3) is 0.261. The summed E-state index contributed by atoms with van der Waals surface area (Å²) < 4.78 is 12.9. The Morgan fingerprint density at radius 1 is 1.14 bits per heavy atom. The van der Waals surface area contributed by atoms with Crippen LogP contribution in [0.25, 0.3) is 16.9 Å². The van der Waals surface area contributed by atoms with Crippen LogP contribution in [0.2, 0.25) is 5.02 Å². The van der Waals surface area contributed by atoms with Crippen molar-refractivity contribution in [2.75, 3.05) is 32.6 Å². The molecule has 0 saturated heterocycles. The third-order valence-electron chi connectivity index (χ3n) is 4.96. The van der Waals surface area contributed by atoms with Gasteiger partial charge in [0, 0.05) is 33.1 Å². The molecule has 0 aromatic carbocycles. The van der Waals surface area contributed by atoms with Crippen LogP contribution in [0, 0.1) is 0 Å². The van der Waals surface area contributed by atoms with Crippen molar-refractivity contribution < 1.29 is 19.1 Å². The van der Waals surface area contributed by atoms with Crippen LogP contribution >= 0.6 is 11.6 Å². The molecule has 4 rings (SSSR count). The van der Waals surface area contributed by atoms with Crippen molar-refractivity contribution >= 4 is 40.3 Å². The summed E-state index contributed by atoms with van der Waals surface area (Å²) in [5, 5.41) is 7.85. The number of hydrogen-bond donors (Lipinski definition) is 1. The Morgan fingerprint density at radius 2 is 1.97 bits per heavy atom. The number of fused-ring (bicyclic) bond motifs is 1. The summed E-state index contributed by atoms with van der Waals surface area (Å²) >= 11 is 6.26. The van der Waals surface area contributed by atoms with Gasteiger partial charge in [-0.25, -0.2) is 19.9 Å². The first kappa shape index (κ1) is 24.9. The van der Waals surface area contributed by atoms with Crippen LogP contribution in [0.3, 0.4) is 0 Å². The summed E-state index contributed by atoms with van der Waals surface area (Å²) in [6, 6.07) is 6.51. The molecule has 0 unspecified atom stereocenters. The minimum Gasteiger partial charge on any atom is -0.461 e. The summed E-state index contributed by atoms with van der Waals surface area (Å²) in [6.45, 7) is 2.15. The van der Waals surface area contributed by atoms with Gasteiger partial charge in [-0.2, -0.15) is 9.78 Å². The molecular weight excluding hydrogens is 488 g/mol. The zero-order valence-corrected chi connectivity index (χ0v) is 20.5. The molecule has 2 amide bonds. The molecule has 0 fully saturated rings. The number of nitrogens with zero attached hydrogens (tertiary/aromatic N) is 7. The number of halogens is 1. The summed E-state index contributed by atoms with van der Waals surface area (Å²) in [7, 11) is 3.29. The Labute approximate surface area is 211 Å². The first-order chi connectivity index (χ1) is 17.4. The van der Waals surface area contributed by atoms with Crippen molar-refractivity contribution in [3.05, 3.63) is 59.8 Å². The average Bonchev–Trinajstić information content (AvgIpc) is 3.31. The molecule has 0 spiro atoms. The smallest absolute Gasteiger partial charge is 0.269 e. The number of nitrogens with one attached hydrogen (secondary N) is 1. The van der Waals surface area contributed by atoms with Crippen LogP contribution in [-0.2, 0) is 9.53 Å². The van der Waals surface area contributed by atoms with E-state index >= 15 is 0 Å². The number of aromatic nitrogens is 6. The maximum absolute atomic E-state index is 13.0. The second kappa shape index (κ2) is 11.1. The Bertz CT molecular complexity index is 1380. The predicted molar refractivity (Wildman–Crippen MR) is 131 cm³/mol. The van der Waals surface area contributed by atoms with Crippen molar-refractivity contribution in [2.45, 2.75) is 13.0 Å². The van der Waals surface area contributed by atoms with Crippen LogP contribution in [0.5, 0.6) is 5.88 Å². The van der Waals surface area contributed by atoms with Crippen LogP contribution in [0.15, 0.2) is 49.2 Å². The van der Waals surface area contributed by atoms with Gasteiger partial charge in [-0.15, -0.1) is 0 Å². The number of amides is 2. The lowest BCUT2D eigenvalue weighted by molar-refractivity contribution is -0.125. The molecule has 1 N–H and O–H groups in total. The van der Waals surface area contributed by atoms with Crippen molar-refractivity contribution in [1.82, 2.24) is 34.6 Å². The second-order valence-electron chi connectivity index (χ2n) is 7.67. The zero-order chi connectivity index (χ0) is 25.7. The quantitative estimate of drug-likeness (QED) is 0.359. The molecule has 13 heteroatoms. The van der Waals surface area contributed by atoms with E-state index < -0.39 is 12.0 Å². The monoisotopic (exact) mass is 510 g/mol. The first-order valence-electron chi connectivity index (χ1n) is 10.9. The Morgan fingerprint density at radius 3 is 2.67 bits per heavy atom. The minimum atomic E-state index is -1.06. The van der Waals surface area contributed by atoms with E-state index in [0.717, 1.165) is 0 Å². The van der Waals surface area contributed by atoms with E-state index in [9.17, 15) is 9.59 Å². The highest BCUT2D eigenvalue weighted by Crippen LogP contribution is 2.26. The number of hydrogen-bond acceptors (Lipinski definition) is 9. The Hall–Kier alpha value is -4.16. The van der Waals surface area contributed by atoms with Gasteiger partial charge in [-0.3, -0.25) is 9.59 Å². The lowest BCUT2D eigenvalue weighted by Gasteiger charge is -2.18. The number of carbonyl (C=O) groups excluding carboxylic acids is 2. The average molecular weight is 511 g/mol. The molecule has 0 radical (unpaired) electrons. The fourth-order valence-corrected chi connectivity index (χ4v) is 3.39. The molecule has 4 aromatic heterocycles. The minimum absolute atomic E-state index is 0.0365. The molecule has 4 heterocycles. The Kier molecular flexibility index (Phi) is 7.66. The van der Waals surface area contributed by atoms with Gasteiger partial charge in [-0.1, -0.05) is 11.6 Å². The molecule has 0 aliphatic rings. The van der Waals surface area contributed by atoms with Gasteiger partial charge in [0.1, 0.15) is 17.5 Å². The molecule has 0 bridgehead atoms. The number of anilines is 1. The van der Waals surface area contributed by atoms with Crippen LogP contribution < -0.4 is 10.1 Å². The van der Waals surface area contributed by atoms with Crippen molar-refractivity contribution in [3.8, 4) is 11.7 Å². The second-order valence-corrected chi connectivity index (χ2v) is 8.08. The molecule has 1 atom stereocenters. The topological polar surface area (TPSA) is 137 Å². The number of rotatable bonds is 9. The molecule has 4 aromatic rings. The third-order valence-corrected chi connectivity index (χ3v) is 5.25. The van der Waals surface area contributed by atoms with Crippen molar-refractivity contribution in [2.24, 2.45) is 0 Å². The van der Waals surface area contributed by atoms with Gasteiger partial charge in [0.2, 0.25) is 12.0 Å². The zero-order valence-electron chi connectivity index (χ0n) is 19.8. The predicted octanol–water partition coefficient (Wildman–Crippen LogP) is 2.38. The third kappa shape index (κ3) is 5.39. The Balaban J connectivity index is 1.56. The SMILES string of the molecule is CCOC[C@H](Oc1ncnc2c1cnn2-c1ncccc1Cl)C(=O)Nc1ccc(C(=O)N(C)C)cn1. The van der Waals surface area contributed by atoms with Gasteiger partial charge in [0.25, 0.3) is 11.8 Å². The molecule has 0 aliphatic carbocycles. The van der Waals surface area contributed by atoms with Crippen molar-refractivity contribution in [1.29, 1.82) is 0 Å². The van der Waals surface area contributed by atoms with Crippen LogP contribution in [0.1, 0.15) is 17.3 Å². The number of pyridine rings is 2. The molecule has 0 saturated carbocycles. The van der Waals surface area contributed by atoms with E-state index in [4.69, 9.17) is 21.1 Å². The van der Waals surface area contributed by atoms with E-state index in [2.05, 4.69) is 30.4 Å². The van der Waals surface area contributed by atoms with E-state index in [0.29, 0.717) is 34.0 Å². The maximum Gasteiger partial charge on any atom is 0.269 e.